The van der Waals surface area contributed by atoms with E-state index in [2.05, 4.69) is 5.32 Å². The number of sulfonamides is 1. The highest BCUT2D eigenvalue weighted by atomic mass is 35.5. The fraction of sp³-hybridized carbons (Fsp3) is 0.333. The summed E-state index contributed by atoms with van der Waals surface area (Å²) in [4.78, 5) is 27.7. The fourth-order valence-corrected chi connectivity index (χ4v) is 4.99. The third kappa shape index (κ3) is 5.53. The molecule has 3 rings (SSSR count). The van der Waals surface area contributed by atoms with Crippen molar-refractivity contribution in [2.24, 2.45) is 0 Å². The Kier molecular flexibility index (Phi) is 7.66. The second-order valence-electron chi connectivity index (χ2n) is 7.27. The number of hydrogen-bond acceptors (Lipinski definition) is 5. The van der Waals surface area contributed by atoms with Crippen molar-refractivity contribution in [3.63, 3.8) is 0 Å². The Morgan fingerprint density at radius 3 is 2.44 bits per heavy atom. The van der Waals surface area contributed by atoms with Crippen molar-refractivity contribution < 1.29 is 22.7 Å². The van der Waals surface area contributed by atoms with Gasteiger partial charge in [-0.25, -0.2) is 8.42 Å². The zero-order valence-corrected chi connectivity index (χ0v) is 19.9. The third-order valence-corrected chi connectivity index (χ3v) is 6.73. The van der Waals surface area contributed by atoms with Crippen LogP contribution in [0.2, 0.25) is 10.0 Å². The molecule has 1 atom stereocenters. The molecule has 2 aromatic rings. The summed E-state index contributed by atoms with van der Waals surface area (Å²) in [6.07, 6.45) is 0.976. The summed E-state index contributed by atoms with van der Waals surface area (Å²) >= 11 is 12.2. The molecule has 1 aliphatic heterocycles. The number of anilines is 2. The van der Waals surface area contributed by atoms with E-state index in [1.54, 1.807) is 29.2 Å². The maximum Gasteiger partial charge on any atom is 0.256 e. The molecular formula is C21H23Cl2N3O5S. The first kappa shape index (κ1) is 24.3. The average Bonchev–Trinajstić information content (AvgIpc) is 2.75. The molecule has 2 amide bonds. The molecule has 32 heavy (non-hydrogen) atoms. The Morgan fingerprint density at radius 2 is 1.78 bits per heavy atom. The molecule has 1 saturated heterocycles. The van der Waals surface area contributed by atoms with Gasteiger partial charge in [0.05, 0.1) is 41.4 Å². The number of morpholine rings is 1. The minimum Gasteiger partial charge on any atom is -0.378 e. The normalized spacial score (nSPS) is 15.2. The average molecular weight is 500 g/mol. The van der Waals surface area contributed by atoms with Gasteiger partial charge in [-0.05, 0) is 37.3 Å². The minimum absolute atomic E-state index is 0.0852. The zero-order chi connectivity index (χ0) is 23.5. The Labute approximate surface area is 197 Å². The van der Waals surface area contributed by atoms with Gasteiger partial charge in [-0.3, -0.25) is 13.9 Å². The molecule has 0 aromatic heterocycles. The number of nitrogens with zero attached hydrogens (tertiary/aromatic N) is 2. The van der Waals surface area contributed by atoms with Crippen LogP contribution < -0.4 is 9.62 Å². The van der Waals surface area contributed by atoms with Gasteiger partial charge in [0, 0.05) is 18.1 Å². The van der Waals surface area contributed by atoms with Gasteiger partial charge in [0.15, 0.2) is 0 Å². The van der Waals surface area contributed by atoms with Crippen LogP contribution in [-0.2, 0) is 19.6 Å². The molecular weight excluding hydrogens is 477 g/mol. The maximum absolute atomic E-state index is 13.1. The number of halogens is 2. The molecule has 0 aliphatic carbocycles. The van der Waals surface area contributed by atoms with Crippen molar-refractivity contribution >= 4 is 56.4 Å². The van der Waals surface area contributed by atoms with Gasteiger partial charge in [0.25, 0.3) is 5.91 Å². The molecule has 11 heteroatoms. The van der Waals surface area contributed by atoms with Crippen LogP contribution in [0.15, 0.2) is 42.5 Å². The highest BCUT2D eigenvalue weighted by molar-refractivity contribution is 7.92. The van der Waals surface area contributed by atoms with Crippen LogP contribution >= 0.6 is 23.2 Å². The zero-order valence-electron chi connectivity index (χ0n) is 17.5. The summed E-state index contributed by atoms with van der Waals surface area (Å²) in [6.45, 7) is 3.22. The van der Waals surface area contributed by atoms with Crippen molar-refractivity contribution in [1.82, 2.24) is 4.90 Å². The molecule has 1 unspecified atom stereocenters. The van der Waals surface area contributed by atoms with Crippen molar-refractivity contribution in [2.75, 3.05) is 42.2 Å². The van der Waals surface area contributed by atoms with Gasteiger partial charge in [-0.15, -0.1) is 0 Å². The summed E-state index contributed by atoms with van der Waals surface area (Å²) in [7, 11) is -3.90. The van der Waals surface area contributed by atoms with E-state index < -0.39 is 22.0 Å². The number of carbonyl (C=O) groups is 2. The number of benzene rings is 2. The molecule has 8 nitrogen and oxygen atoms in total. The van der Waals surface area contributed by atoms with E-state index >= 15 is 0 Å². The Hall–Kier alpha value is -2.33. The smallest absolute Gasteiger partial charge is 0.256 e. The first-order chi connectivity index (χ1) is 15.1. The molecule has 1 N–H and O–H groups in total. The van der Waals surface area contributed by atoms with E-state index in [4.69, 9.17) is 27.9 Å². The van der Waals surface area contributed by atoms with E-state index in [-0.39, 0.29) is 27.3 Å². The van der Waals surface area contributed by atoms with Crippen LogP contribution in [0.25, 0.3) is 0 Å². The van der Waals surface area contributed by atoms with E-state index in [0.717, 1.165) is 10.6 Å². The number of carbonyl (C=O) groups excluding carboxylic acids is 2. The highest BCUT2D eigenvalue weighted by Gasteiger charge is 2.31. The lowest BCUT2D eigenvalue weighted by atomic mass is 10.1. The predicted molar refractivity (Wildman–Crippen MR) is 125 cm³/mol. The fourth-order valence-electron chi connectivity index (χ4n) is 3.39. The van der Waals surface area contributed by atoms with Crippen LogP contribution in [-0.4, -0.2) is 63.7 Å². The van der Waals surface area contributed by atoms with E-state index in [1.807, 2.05) is 0 Å². The van der Waals surface area contributed by atoms with Crippen molar-refractivity contribution in [2.45, 2.75) is 13.0 Å². The summed E-state index contributed by atoms with van der Waals surface area (Å²) in [5.74, 6) is -0.872. The molecule has 1 aliphatic rings. The first-order valence-corrected chi connectivity index (χ1v) is 12.4. The second-order valence-corrected chi connectivity index (χ2v) is 9.97. The molecule has 0 radical (unpaired) electrons. The standard InChI is InChI=1S/C21H23Cl2N3O5S/c1-14(26(32(2,29)30)19-13-15(22)7-8-17(19)23)20(27)24-18-6-4-3-5-16(18)21(28)25-9-11-31-12-10-25/h3-8,13-14H,9-12H2,1-2H3,(H,24,27). The lowest BCUT2D eigenvalue weighted by molar-refractivity contribution is -0.116. The number of para-hydroxylation sites is 1. The van der Waals surface area contributed by atoms with Gasteiger partial charge in [-0.1, -0.05) is 35.3 Å². The van der Waals surface area contributed by atoms with Crippen molar-refractivity contribution in [3.8, 4) is 0 Å². The molecule has 1 fully saturated rings. The van der Waals surface area contributed by atoms with Crippen LogP contribution in [0.4, 0.5) is 11.4 Å². The monoisotopic (exact) mass is 499 g/mol. The van der Waals surface area contributed by atoms with Gasteiger partial charge in [-0.2, -0.15) is 0 Å². The summed E-state index contributed by atoms with van der Waals surface area (Å²) in [6, 6.07) is 9.76. The molecule has 0 bridgehead atoms. The number of amides is 2. The first-order valence-electron chi connectivity index (χ1n) is 9.81. The van der Waals surface area contributed by atoms with Gasteiger partial charge in [0.1, 0.15) is 6.04 Å². The molecule has 172 valence electrons. The predicted octanol–water partition coefficient (Wildman–Crippen LogP) is 3.26. The quantitative estimate of drug-likeness (QED) is 0.657. The van der Waals surface area contributed by atoms with E-state index in [9.17, 15) is 18.0 Å². The van der Waals surface area contributed by atoms with Crippen LogP contribution in [0.3, 0.4) is 0 Å². The van der Waals surface area contributed by atoms with E-state index in [0.29, 0.717) is 31.9 Å². The maximum atomic E-state index is 13.1. The lowest BCUT2D eigenvalue weighted by Gasteiger charge is -2.30. The lowest BCUT2D eigenvalue weighted by Crippen LogP contribution is -2.46. The molecule has 0 saturated carbocycles. The Balaban J connectivity index is 1.89. The van der Waals surface area contributed by atoms with Gasteiger partial charge < -0.3 is 15.0 Å². The summed E-state index contributed by atoms with van der Waals surface area (Å²) in [5, 5.41) is 3.08. The largest absolute Gasteiger partial charge is 0.378 e. The number of nitrogens with one attached hydrogen (secondary N) is 1. The third-order valence-electron chi connectivity index (χ3n) is 4.95. The van der Waals surface area contributed by atoms with Gasteiger partial charge >= 0.3 is 0 Å². The van der Waals surface area contributed by atoms with Crippen LogP contribution in [0.1, 0.15) is 17.3 Å². The second kappa shape index (κ2) is 10.1. The molecule has 0 spiro atoms. The Bertz CT molecular complexity index is 1120. The number of rotatable bonds is 6. The van der Waals surface area contributed by atoms with E-state index in [1.165, 1.54) is 25.1 Å². The minimum atomic E-state index is -3.90. The van der Waals surface area contributed by atoms with Crippen LogP contribution in [0.5, 0.6) is 0 Å². The molecule has 2 aromatic carbocycles. The number of ether oxygens (including phenoxy) is 1. The van der Waals surface area contributed by atoms with Crippen molar-refractivity contribution in [3.05, 3.63) is 58.1 Å². The number of hydrogen-bond donors (Lipinski definition) is 1. The SMILES string of the molecule is CC(C(=O)Nc1ccccc1C(=O)N1CCOCC1)N(c1cc(Cl)ccc1Cl)S(C)(=O)=O. The summed E-state index contributed by atoms with van der Waals surface area (Å²) in [5.41, 5.74) is 0.676. The summed E-state index contributed by atoms with van der Waals surface area (Å²) < 4.78 is 31.3. The topological polar surface area (TPSA) is 96.0 Å². The van der Waals surface area contributed by atoms with Crippen LogP contribution in [0, 0.1) is 0 Å². The Morgan fingerprint density at radius 1 is 1.12 bits per heavy atom. The molecule has 1 heterocycles. The van der Waals surface area contributed by atoms with Crippen molar-refractivity contribution in [1.29, 1.82) is 0 Å². The van der Waals surface area contributed by atoms with Gasteiger partial charge in [0.2, 0.25) is 15.9 Å². The highest BCUT2D eigenvalue weighted by Crippen LogP contribution is 2.32.